The number of ether oxygens (including phenoxy) is 1. The highest BCUT2D eigenvalue weighted by molar-refractivity contribution is 7.99. The molecule has 0 spiro atoms. The predicted octanol–water partition coefficient (Wildman–Crippen LogP) is 3.57. The number of benzene rings is 1. The normalized spacial score (nSPS) is 12.4. The maximum absolute atomic E-state index is 5.61. The van der Waals surface area contributed by atoms with Crippen LogP contribution >= 0.6 is 11.8 Å². The minimum absolute atomic E-state index is 0.761. The van der Waals surface area contributed by atoms with E-state index in [0.29, 0.717) is 0 Å². The van der Waals surface area contributed by atoms with Crippen molar-refractivity contribution < 1.29 is 4.74 Å². The number of nitrogen functional groups attached to an aromatic ring is 1. The quantitative estimate of drug-likeness (QED) is 0.583. The maximum atomic E-state index is 5.61. The molecule has 0 aromatic heterocycles. The predicted molar refractivity (Wildman–Crippen MR) is 73.2 cm³/mol. The van der Waals surface area contributed by atoms with Gasteiger partial charge in [-0.15, -0.1) is 0 Å². The molecule has 1 aromatic rings. The Labute approximate surface area is 103 Å². The monoisotopic (exact) mass is 239 g/mol. The van der Waals surface area contributed by atoms with Crippen molar-refractivity contribution in [2.24, 2.45) is 0 Å². The molecule has 3 heteroatoms. The Morgan fingerprint density at radius 2 is 2.00 bits per heavy atom. The van der Waals surface area contributed by atoms with Crippen LogP contribution in [0, 0.1) is 0 Å². The summed E-state index contributed by atoms with van der Waals surface area (Å²) < 4.78 is 5.61. The van der Waals surface area contributed by atoms with Crippen molar-refractivity contribution in [1.82, 2.24) is 0 Å². The third kappa shape index (κ3) is 5.31. The molecule has 2 nitrogen and oxygen atoms in total. The molecule has 1 atom stereocenters. The van der Waals surface area contributed by atoms with Gasteiger partial charge < -0.3 is 10.5 Å². The molecular weight excluding hydrogens is 218 g/mol. The lowest BCUT2D eigenvalue weighted by atomic mass is 10.3. The molecule has 0 fully saturated rings. The van der Waals surface area contributed by atoms with Crippen LogP contribution in [0.4, 0.5) is 5.69 Å². The molecule has 0 aliphatic heterocycles. The van der Waals surface area contributed by atoms with Crippen molar-refractivity contribution in [1.29, 1.82) is 0 Å². The Hall–Kier alpha value is -0.830. The second-order valence-electron chi connectivity index (χ2n) is 3.86. The first-order valence-electron chi connectivity index (χ1n) is 5.82. The van der Waals surface area contributed by atoms with E-state index in [1.807, 2.05) is 36.0 Å². The first-order chi connectivity index (χ1) is 7.72. The van der Waals surface area contributed by atoms with E-state index in [4.69, 9.17) is 10.5 Å². The van der Waals surface area contributed by atoms with E-state index in [0.717, 1.165) is 29.7 Å². The summed E-state index contributed by atoms with van der Waals surface area (Å²) in [5, 5.41) is 0.761. The zero-order valence-corrected chi connectivity index (χ0v) is 10.9. The number of nitrogens with two attached hydrogens (primary N) is 1. The number of hydrogen-bond acceptors (Lipinski definition) is 3. The molecule has 0 aliphatic rings. The van der Waals surface area contributed by atoms with Gasteiger partial charge in [-0.1, -0.05) is 13.8 Å². The summed E-state index contributed by atoms with van der Waals surface area (Å²) >= 11 is 2.01. The molecule has 16 heavy (non-hydrogen) atoms. The summed E-state index contributed by atoms with van der Waals surface area (Å²) in [4.78, 5) is 0. The summed E-state index contributed by atoms with van der Waals surface area (Å²) in [6.07, 6.45) is 2.34. The molecule has 0 amide bonds. The average molecular weight is 239 g/mol. The molecular formula is C13H21NOS. The van der Waals surface area contributed by atoms with E-state index in [2.05, 4.69) is 13.8 Å². The Bertz CT molecular complexity index is 286. The van der Waals surface area contributed by atoms with Crippen LogP contribution in [0.15, 0.2) is 24.3 Å². The van der Waals surface area contributed by atoms with Crippen LogP contribution in [0.25, 0.3) is 0 Å². The van der Waals surface area contributed by atoms with E-state index in [1.165, 1.54) is 12.2 Å². The van der Waals surface area contributed by atoms with Gasteiger partial charge in [0.1, 0.15) is 5.75 Å². The lowest BCUT2D eigenvalue weighted by molar-refractivity contribution is 0.318. The standard InChI is InChI=1S/C13H21NOS/c1-3-11(2)16-10-4-9-15-13-7-5-12(14)6-8-13/h5-8,11H,3-4,9-10,14H2,1-2H3. The fraction of sp³-hybridized carbons (Fsp3) is 0.538. The molecule has 1 unspecified atom stereocenters. The lowest BCUT2D eigenvalue weighted by Crippen LogP contribution is -2.01. The van der Waals surface area contributed by atoms with Gasteiger partial charge in [-0.2, -0.15) is 11.8 Å². The fourth-order valence-electron chi connectivity index (χ4n) is 1.22. The zero-order chi connectivity index (χ0) is 11.8. The summed E-state index contributed by atoms with van der Waals surface area (Å²) in [6.45, 7) is 5.28. The molecule has 0 heterocycles. The molecule has 0 radical (unpaired) electrons. The third-order valence-corrected chi connectivity index (χ3v) is 3.84. The van der Waals surface area contributed by atoms with Crippen LogP contribution in [0.2, 0.25) is 0 Å². The van der Waals surface area contributed by atoms with Gasteiger partial charge in [0, 0.05) is 10.9 Å². The van der Waals surface area contributed by atoms with Crippen LogP contribution in [0.1, 0.15) is 26.7 Å². The molecule has 1 rings (SSSR count). The Balaban J connectivity index is 2.09. The molecule has 0 aliphatic carbocycles. The topological polar surface area (TPSA) is 35.2 Å². The zero-order valence-electron chi connectivity index (χ0n) is 10.1. The third-order valence-electron chi connectivity index (χ3n) is 2.41. The number of rotatable bonds is 7. The van der Waals surface area contributed by atoms with Crippen LogP contribution < -0.4 is 10.5 Å². The van der Waals surface area contributed by atoms with E-state index in [1.54, 1.807) is 0 Å². The van der Waals surface area contributed by atoms with E-state index in [-0.39, 0.29) is 0 Å². The minimum Gasteiger partial charge on any atom is -0.494 e. The molecule has 0 bridgehead atoms. The minimum atomic E-state index is 0.761. The summed E-state index contributed by atoms with van der Waals surface area (Å²) in [5.74, 6) is 2.08. The molecule has 1 aromatic carbocycles. The summed E-state index contributed by atoms with van der Waals surface area (Å²) in [6, 6.07) is 7.56. The van der Waals surface area contributed by atoms with Gasteiger partial charge in [0.05, 0.1) is 6.61 Å². The van der Waals surface area contributed by atoms with Gasteiger partial charge in [0.25, 0.3) is 0 Å². The van der Waals surface area contributed by atoms with Crippen molar-refractivity contribution in [2.45, 2.75) is 31.9 Å². The van der Waals surface area contributed by atoms with Crippen molar-refractivity contribution in [3.05, 3.63) is 24.3 Å². The van der Waals surface area contributed by atoms with Gasteiger partial charge in [-0.05, 0) is 42.9 Å². The van der Waals surface area contributed by atoms with Crippen molar-refractivity contribution in [3.63, 3.8) is 0 Å². The summed E-state index contributed by atoms with van der Waals surface area (Å²) in [7, 11) is 0. The molecule has 90 valence electrons. The first-order valence-corrected chi connectivity index (χ1v) is 6.87. The second-order valence-corrected chi connectivity index (χ2v) is 5.41. The lowest BCUT2D eigenvalue weighted by Gasteiger charge is -2.09. The first kappa shape index (κ1) is 13.2. The second kappa shape index (κ2) is 7.44. The van der Waals surface area contributed by atoms with E-state index in [9.17, 15) is 0 Å². The van der Waals surface area contributed by atoms with Crippen molar-refractivity contribution >= 4 is 17.4 Å². The summed E-state index contributed by atoms with van der Waals surface area (Å²) in [5.41, 5.74) is 6.37. The van der Waals surface area contributed by atoms with E-state index < -0.39 is 0 Å². The number of thioether (sulfide) groups is 1. The highest BCUT2D eigenvalue weighted by Crippen LogP contribution is 2.16. The van der Waals surface area contributed by atoms with Crippen LogP contribution in [0.3, 0.4) is 0 Å². The Kier molecular flexibility index (Phi) is 6.16. The Morgan fingerprint density at radius 1 is 1.31 bits per heavy atom. The van der Waals surface area contributed by atoms with Crippen LogP contribution in [-0.4, -0.2) is 17.6 Å². The average Bonchev–Trinajstić information content (AvgIpc) is 2.31. The van der Waals surface area contributed by atoms with Gasteiger partial charge >= 0.3 is 0 Å². The maximum Gasteiger partial charge on any atom is 0.119 e. The fourth-order valence-corrected chi connectivity index (χ4v) is 2.14. The van der Waals surface area contributed by atoms with Crippen LogP contribution in [0.5, 0.6) is 5.75 Å². The smallest absolute Gasteiger partial charge is 0.119 e. The molecule has 0 saturated heterocycles. The number of anilines is 1. The number of hydrogen-bond donors (Lipinski definition) is 1. The van der Waals surface area contributed by atoms with Gasteiger partial charge in [-0.3, -0.25) is 0 Å². The SMILES string of the molecule is CCC(C)SCCCOc1ccc(N)cc1. The molecule has 2 N–H and O–H groups in total. The van der Waals surface area contributed by atoms with Gasteiger partial charge in [0.15, 0.2) is 0 Å². The van der Waals surface area contributed by atoms with E-state index >= 15 is 0 Å². The highest BCUT2D eigenvalue weighted by Gasteiger charge is 1.98. The van der Waals surface area contributed by atoms with Gasteiger partial charge in [-0.25, -0.2) is 0 Å². The highest BCUT2D eigenvalue weighted by atomic mass is 32.2. The van der Waals surface area contributed by atoms with Crippen molar-refractivity contribution in [3.8, 4) is 5.75 Å². The van der Waals surface area contributed by atoms with Gasteiger partial charge in [0.2, 0.25) is 0 Å². The molecule has 0 saturated carbocycles. The largest absolute Gasteiger partial charge is 0.494 e. The Morgan fingerprint density at radius 3 is 2.62 bits per heavy atom. The van der Waals surface area contributed by atoms with Crippen molar-refractivity contribution in [2.75, 3.05) is 18.1 Å². The van der Waals surface area contributed by atoms with Crippen LogP contribution in [-0.2, 0) is 0 Å².